The lowest BCUT2D eigenvalue weighted by Crippen LogP contribution is -2.54. The molecule has 2 amide bonds. The molecule has 1 aliphatic rings. The average molecular weight is 269 g/mol. The van der Waals surface area contributed by atoms with Crippen molar-refractivity contribution in [2.24, 2.45) is 28.7 Å². The second kappa shape index (κ2) is 5.49. The zero-order valence-electron chi connectivity index (χ0n) is 12.6. The van der Waals surface area contributed by atoms with Gasteiger partial charge in [0, 0.05) is 6.54 Å². The van der Waals surface area contributed by atoms with E-state index in [-0.39, 0.29) is 11.3 Å². The molecule has 0 bridgehead atoms. The van der Waals surface area contributed by atoms with Gasteiger partial charge in [0.1, 0.15) is 6.04 Å². The highest BCUT2D eigenvalue weighted by Gasteiger charge is 2.42. The summed E-state index contributed by atoms with van der Waals surface area (Å²) in [5.41, 5.74) is 11.1. The quantitative estimate of drug-likeness (QED) is 0.791. The molecule has 5 nitrogen and oxygen atoms in total. The van der Waals surface area contributed by atoms with Gasteiger partial charge in [-0.3, -0.25) is 9.59 Å². The summed E-state index contributed by atoms with van der Waals surface area (Å²) in [6.07, 6.45) is 0.648. The van der Waals surface area contributed by atoms with Crippen LogP contribution in [0.4, 0.5) is 0 Å². The number of carbonyl (C=O) groups is 2. The lowest BCUT2D eigenvalue weighted by atomic mass is 9.86. The van der Waals surface area contributed by atoms with Gasteiger partial charge in [0.25, 0.3) is 0 Å². The van der Waals surface area contributed by atoms with Gasteiger partial charge in [0.2, 0.25) is 11.8 Å². The topological polar surface area (TPSA) is 89.4 Å². The zero-order chi connectivity index (χ0) is 15.0. The first-order valence-electron chi connectivity index (χ1n) is 6.91. The van der Waals surface area contributed by atoms with Crippen molar-refractivity contribution < 1.29 is 9.59 Å². The number of nitrogens with zero attached hydrogens (tertiary/aromatic N) is 1. The summed E-state index contributed by atoms with van der Waals surface area (Å²) in [7, 11) is 0. The maximum Gasteiger partial charge on any atom is 0.240 e. The maximum absolute atomic E-state index is 12.5. The Morgan fingerprint density at radius 3 is 2.16 bits per heavy atom. The van der Waals surface area contributed by atoms with Crippen LogP contribution in [0.1, 0.15) is 41.0 Å². The average Bonchev–Trinajstić information content (AvgIpc) is 2.70. The van der Waals surface area contributed by atoms with Crippen molar-refractivity contribution in [2.75, 3.05) is 6.54 Å². The minimum atomic E-state index is -0.611. The van der Waals surface area contributed by atoms with Gasteiger partial charge in [-0.05, 0) is 23.7 Å². The summed E-state index contributed by atoms with van der Waals surface area (Å²) in [4.78, 5) is 25.6. The monoisotopic (exact) mass is 269 g/mol. The lowest BCUT2D eigenvalue weighted by molar-refractivity contribution is -0.140. The Bertz CT molecular complexity index is 360. The Labute approximate surface area is 115 Å². The Hall–Kier alpha value is -1.10. The second-order valence-electron chi connectivity index (χ2n) is 6.99. The van der Waals surface area contributed by atoms with Gasteiger partial charge in [0.15, 0.2) is 0 Å². The highest BCUT2D eigenvalue weighted by atomic mass is 16.2. The van der Waals surface area contributed by atoms with Crippen molar-refractivity contribution in [3.05, 3.63) is 0 Å². The maximum atomic E-state index is 12.5. The lowest BCUT2D eigenvalue weighted by Gasteiger charge is -2.32. The normalized spacial score (nSPS) is 25.7. The van der Waals surface area contributed by atoms with E-state index in [4.69, 9.17) is 11.5 Å². The molecule has 1 rings (SSSR count). The van der Waals surface area contributed by atoms with Gasteiger partial charge in [-0.1, -0.05) is 34.6 Å². The molecule has 19 heavy (non-hydrogen) atoms. The molecule has 1 unspecified atom stereocenters. The second-order valence-corrected chi connectivity index (χ2v) is 6.99. The van der Waals surface area contributed by atoms with Crippen LogP contribution in [0.2, 0.25) is 0 Å². The minimum Gasteiger partial charge on any atom is -0.368 e. The van der Waals surface area contributed by atoms with Crippen LogP contribution in [-0.2, 0) is 9.59 Å². The zero-order valence-corrected chi connectivity index (χ0v) is 12.6. The molecule has 0 aromatic rings. The number of primary amides is 1. The molecule has 0 radical (unpaired) electrons. The smallest absolute Gasteiger partial charge is 0.240 e. The number of hydrogen-bond donors (Lipinski definition) is 2. The van der Waals surface area contributed by atoms with Gasteiger partial charge < -0.3 is 16.4 Å². The molecule has 110 valence electrons. The van der Waals surface area contributed by atoms with Crippen molar-refractivity contribution in [2.45, 2.75) is 53.1 Å². The number of rotatable bonds is 3. The van der Waals surface area contributed by atoms with Gasteiger partial charge in [-0.25, -0.2) is 0 Å². The van der Waals surface area contributed by atoms with Crippen molar-refractivity contribution in [1.82, 2.24) is 4.90 Å². The van der Waals surface area contributed by atoms with Gasteiger partial charge in [0.05, 0.1) is 6.04 Å². The Kier molecular flexibility index (Phi) is 4.61. The van der Waals surface area contributed by atoms with Gasteiger partial charge in [-0.15, -0.1) is 0 Å². The van der Waals surface area contributed by atoms with E-state index in [0.717, 1.165) is 0 Å². The summed E-state index contributed by atoms with van der Waals surface area (Å²) in [5.74, 6) is 0.135. The molecule has 3 atom stereocenters. The van der Waals surface area contributed by atoms with Crippen molar-refractivity contribution in [1.29, 1.82) is 0 Å². The third kappa shape index (κ3) is 3.47. The summed E-state index contributed by atoms with van der Waals surface area (Å²) in [6, 6.07) is -1.12. The largest absolute Gasteiger partial charge is 0.368 e. The van der Waals surface area contributed by atoms with Crippen molar-refractivity contribution >= 4 is 11.8 Å². The standard InChI is InChI=1S/C14H27N3O2/c1-8(2)9-6-10(12(16)18)17(7-9)13(19)11(15)14(3,4)5/h8-11H,6-7,15H2,1-5H3,(H2,16,18)/t9?,10-,11+/m0/s1. The molecule has 0 aromatic heterocycles. The van der Waals surface area contributed by atoms with Crippen LogP contribution < -0.4 is 11.5 Å². The van der Waals surface area contributed by atoms with Crippen LogP contribution in [0.25, 0.3) is 0 Å². The highest BCUT2D eigenvalue weighted by molar-refractivity contribution is 5.90. The van der Waals surface area contributed by atoms with Crippen LogP contribution in [0.3, 0.4) is 0 Å². The van der Waals surface area contributed by atoms with E-state index in [1.807, 2.05) is 20.8 Å². The van der Waals surface area contributed by atoms with E-state index in [1.54, 1.807) is 4.90 Å². The number of amides is 2. The molecule has 1 heterocycles. The SMILES string of the molecule is CC(C)C1C[C@@H](C(N)=O)N(C(=O)[C@@H](N)C(C)(C)C)C1. The van der Waals surface area contributed by atoms with E-state index in [2.05, 4.69) is 13.8 Å². The van der Waals surface area contributed by atoms with E-state index >= 15 is 0 Å². The first kappa shape index (κ1) is 16.0. The fraction of sp³-hybridized carbons (Fsp3) is 0.857. The van der Waals surface area contributed by atoms with Gasteiger partial charge in [-0.2, -0.15) is 0 Å². The van der Waals surface area contributed by atoms with Crippen molar-refractivity contribution in [3.8, 4) is 0 Å². The molecule has 0 aromatic carbocycles. The number of hydrogen-bond acceptors (Lipinski definition) is 3. The summed E-state index contributed by atoms with van der Waals surface area (Å²) in [5, 5.41) is 0. The third-order valence-electron chi connectivity index (χ3n) is 4.09. The summed E-state index contributed by atoms with van der Waals surface area (Å²) < 4.78 is 0. The van der Waals surface area contributed by atoms with E-state index in [0.29, 0.717) is 24.8 Å². The Balaban J connectivity index is 2.91. The van der Waals surface area contributed by atoms with E-state index in [1.165, 1.54) is 0 Å². The fourth-order valence-electron chi connectivity index (χ4n) is 2.41. The molecule has 1 fully saturated rings. The van der Waals surface area contributed by atoms with Crippen LogP contribution >= 0.6 is 0 Å². The molecule has 5 heteroatoms. The van der Waals surface area contributed by atoms with Crippen LogP contribution in [0, 0.1) is 17.3 Å². The molecular formula is C14H27N3O2. The minimum absolute atomic E-state index is 0.167. The first-order chi connectivity index (χ1) is 8.55. The third-order valence-corrected chi connectivity index (χ3v) is 4.09. The van der Waals surface area contributed by atoms with Crippen LogP contribution in [-0.4, -0.2) is 35.3 Å². The number of likely N-dealkylation sites (tertiary alicyclic amines) is 1. The summed E-state index contributed by atoms with van der Waals surface area (Å²) in [6.45, 7) is 10.5. The highest BCUT2D eigenvalue weighted by Crippen LogP contribution is 2.31. The fourth-order valence-corrected chi connectivity index (χ4v) is 2.41. The molecule has 1 aliphatic heterocycles. The molecule has 4 N–H and O–H groups in total. The molecule has 0 saturated carbocycles. The van der Waals surface area contributed by atoms with E-state index in [9.17, 15) is 9.59 Å². The number of carbonyl (C=O) groups excluding carboxylic acids is 2. The predicted octanol–water partition coefficient (Wildman–Crippen LogP) is 0.718. The Morgan fingerprint density at radius 2 is 1.79 bits per heavy atom. The molecule has 1 saturated heterocycles. The Morgan fingerprint density at radius 1 is 1.26 bits per heavy atom. The van der Waals surface area contributed by atoms with Gasteiger partial charge >= 0.3 is 0 Å². The number of nitrogens with two attached hydrogens (primary N) is 2. The van der Waals surface area contributed by atoms with E-state index < -0.39 is 18.0 Å². The molecular weight excluding hydrogens is 242 g/mol. The first-order valence-corrected chi connectivity index (χ1v) is 6.91. The van der Waals surface area contributed by atoms with Crippen LogP contribution in [0.5, 0.6) is 0 Å². The van der Waals surface area contributed by atoms with Crippen molar-refractivity contribution in [3.63, 3.8) is 0 Å². The predicted molar refractivity (Wildman–Crippen MR) is 75.1 cm³/mol. The van der Waals surface area contributed by atoms with Crippen LogP contribution in [0.15, 0.2) is 0 Å². The molecule has 0 spiro atoms. The molecule has 0 aliphatic carbocycles. The summed E-state index contributed by atoms with van der Waals surface area (Å²) >= 11 is 0.